The van der Waals surface area contributed by atoms with Crippen LogP contribution in [-0.2, 0) is 17.8 Å². The van der Waals surface area contributed by atoms with E-state index in [9.17, 15) is 9.90 Å². The summed E-state index contributed by atoms with van der Waals surface area (Å²) in [7, 11) is 0. The van der Waals surface area contributed by atoms with Crippen LogP contribution in [0.5, 0.6) is 0 Å². The number of carboxylic acids is 1. The number of aryl methyl sites for hydroxylation is 1. The molecule has 1 unspecified atom stereocenters. The van der Waals surface area contributed by atoms with Gasteiger partial charge < -0.3 is 9.90 Å². The first-order valence-corrected chi connectivity index (χ1v) is 7.83. The third kappa shape index (κ3) is 4.09. The minimum Gasteiger partial charge on any atom is -0.546 e. The summed E-state index contributed by atoms with van der Waals surface area (Å²) < 4.78 is 4.14. The number of unbranched alkanes of at least 4 members (excludes halogenated alkanes) is 3. The molecule has 0 radical (unpaired) electrons. The number of rotatable bonds is 9. The van der Waals surface area contributed by atoms with Gasteiger partial charge in [0.1, 0.15) is 17.9 Å². The molecular formula is C16H28N2O2. The second-order valence-corrected chi connectivity index (χ2v) is 5.55. The second kappa shape index (κ2) is 8.08. The molecule has 0 saturated carbocycles. The van der Waals surface area contributed by atoms with Crippen LogP contribution >= 0.6 is 0 Å². The van der Waals surface area contributed by atoms with Gasteiger partial charge in [-0.15, -0.1) is 0 Å². The minimum absolute atomic E-state index is 0.604. The van der Waals surface area contributed by atoms with Gasteiger partial charge in [-0.3, -0.25) is 0 Å². The molecule has 0 aliphatic carbocycles. The number of hydrogen-bond acceptors (Lipinski definition) is 2. The standard InChI is InChI=1S/C16H28N2O2/c1-5-7-8-9-10-15-17(11-6-2)13(3)12-18(15)14(4)16(19)20/h12,14H,5-11H2,1-4H3. The van der Waals surface area contributed by atoms with E-state index in [-0.39, 0.29) is 0 Å². The van der Waals surface area contributed by atoms with Gasteiger partial charge in [-0.2, -0.15) is 0 Å². The molecule has 0 aliphatic rings. The molecular weight excluding hydrogens is 252 g/mol. The Morgan fingerprint density at radius 1 is 1.30 bits per heavy atom. The molecule has 1 aromatic heterocycles. The molecule has 1 heterocycles. The highest BCUT2D eigenvalue weighted by atomic mass is 16.4. The van der Waals surface area contributed by atoms with Gasteiger partial charge >= 0.3 is 0 Å². The second-order valence-electron chi connectivity index (χ2n) is 5.55. The Morgan fingerprint density at radius 3 is 2.55 bits per heavy atom. The molecule has 0 fully saturated rings. The van der Waals surface area contributed by atoms with Gasteiger partial charge in [0, 0.05) is 13.3 Å². The quantitative estimate of drug-likeness (QED) is 0.512. The van der Waals surface area contributed by atoms with E-state index < -0.39 is 12.0 Å². The maximum Gasteiger partial charge on any atom is 0.257 e. The fraction of sp³-hybridized carbons (Fsp3) is 0.750. The van der Waals surface area contributed by atoms with Crippen LogP contribution in [0.3, 0.4) is 0 Å². The number of carbonyl (C=O) groups is 1. The molecule has 114 valence electrons. The zero-order chi connectivity index (χ0) is 15.1. The summed E-state index contributed by atoms with van der Waals surface area (Å²) in [4.78, 5) is 11.2. The van der Waals surface area contributed by atoms with Gasteiger partial charge in [-0.1, -0.05) is 33.1 Å². The fourth-order valence-corrected chi connectivity index (χ4v) is 2.64. The van der Waals surface area contributed by atoms with Gasteiger partial charge in [0.15, 0.2) is 0 Å². The van der Waals surface area contributed by atoms with E-state index in [4.69, 9.17) is 0 Å². The molecule has 0 aromatic carbocycles. The van der Waals surface area contributed by atoms with Crippen molar-refractivity contribution in [2.24, 2.45) is 0 Å². The van der Waals surface area contributed by atoms with Crippen molar-refractivity contribution in [1.82, 2.24) is 4.57 Å². The monoisotopic (exact) mass is 280 g/mol. The van der Waals surface area contributed by atoms with Gasteiger partial charge in [-0.05, 0) is 19.8 Å². The highest BCUT2D eigenvalue weighted by Gasteiger charge is 2.24. The number of nitrogens with zero attached hydrogens (tertiary/aromatic N) is 2. The summed E-state index contributed by atoms with van der Waals surface area (Å²) in [5.41, 5.74) is 1.13. The Kier molecular flexibility index (Phi) is 6.76. The zero-order valence-corrected chi connectivity index (χ0v) is 13.3. The number of hydrogen-bond donors (Lipinski definition) is 0. The van der Waals surface area contributed by atoms with E-state index in [1.807, 2.05) is 17.7 Å². The predicted octanol–water partition coefficient (Wildman–Crippen LogP) is 1.93. The lowest BCUT2D eigenvalue weighted by atomic mass is 10.1. The molecule has 1 rings (SSSR count). The molecule has 0 aliphatic heterocycles. The van der Waals surface area contributed by atoms with E-state index in [1.165, 1.54) is 19.3 Å². The predicted molar refractivity (Wildman–Crippen MR) is 77.2 cm³/mol. The highest BCUT2D eigenvalue weighted by Crippen LogP contribution is 2.12. The zero-order valence-electron chi connectivity index (χ0n) is 13.3. The smallest absolute Gasteiger partial charge is 0.257 e. The van der Waals surface area contributed by atoms with E-state index in [1.54, 1.807) is 6.92 Å². The van der Waals surface area contributed by atoms with E-state index in [2.05, 4.69) is 18.4 Å². The molecule has 1 atom stereocenters. The lowest BCUT2D eigenvalue weighted by molar-refractivity contribution is -0.719. The maximum atomic E-state index is 11.2. The maximum absolute atomic E-state index is 11.2. The van der Waals surface area contributed by atoms with Crippen molar-refractivity contribution >= 4 is 5.97 Å². The van der Waals surface area contributed by atoms with E-state index in [0.29, 0.717) is 0 Å². The van der Waals surface area contributed by atoms with Crippen LogP contribution in [0.1, 0.15) is 70.4 Å². The van der Waals surface area contributed by atoms with Crippen molar-refractivity contribution in [3.63, 3.8) is 0 Å². The Morgan fingerprint density at radius 2 is 2.00 bits per heavy atom. The van der Waals surface area contributed by atoms with Gasteiger partial charge in [0.2, 0.25) is 0 Å². The SMILES string of the molecule is CCCCCCc1n(CCC)c(C)c[n+]1C(C)C(=O)[O-]. The Balaban J connectivity index is 2.97. The van der Waals surface area contributed by atoms with Crippen molar-refractivity contribution in [1.29, 1.82) is 0 Å². The Labute approximate surface area is 122 Å². The summed E-state index contributed by atoms with van der Waals surface area (Å²) in [6, 6.07) is -0.604. The van der Waals surface area contributed by atoms with Crippen LogP contribution in [0.2, 0.25) is 0 Å². The Hall–Kier alpha value is -1.32. The average molecular weight is 280 g/mol. The fourth-order valence-electron chi connectivity index (χ4n) is 2.64. The van der Waals surface area contributed by atoms with E-state index in [0.717, 1.165) is 37.3 Å². The van der Waals surface area contributed by atoms with Crippen LogP contribution in [0.25, 0.3) is 0 Å². The lowest BCUT2D eigenvalue weighted by Crippen LogP contribution is -2.49. The first-order valence-electron chi connectivity index (χ1n) is 7.83. The number of carboxylic acid groups (broad SMARTS) is 1. The molecule has 1 aromatic rings. The lowest BCUT2D eigenvalue weighted by Gasteiger charge is -2.12. The highest BCUT2D eigenvalue weighted by molar-refractivity contribution is 5.66. The van der Waals surface area contributed by atoms with E-state index >= 15 is 0 Å². The third-order valence-corrected chi connectivity index (χ3v) is 3.82. The minimum atomic E-state index is -1.02. The number of carbonyl (C=O) groups excluding carboxylic acids is 1. The average Bonchev–Trinajstić information content (AvgIpc) is 2.71. The summed E-state index contributed by atoms with van der Waals surface area (Å²) >= 11 is 0. The summed E-state index contributed by atoms with van der Waals surface area (Å²) in [5, 5.41) is 11.2. The molecule has 20 heavy (non-hydrogen) atoms. The van der Waals surface area contributed by atoms with Crippen LogP contribution in [-0.4, -0.2) is 10.5 Å². The van der Waals surface area contributed by atoms with Crippen LogP contribution < -0.4 is 9.67 Å². The number of imidazole rings is 1. The van der Waals surface area contributed by atoms with Crippen LogP contribution in [0, 0.1) is 6.92 Å². The van der Waals surface area contributed by atoms with Crippen molar-refractivity contribution < 1.29 is 14.5 Å². The third-order valence-electron chi connectivity index (χ3n) is 3.82. The first-order chi connectivity index (χ1) is 9.52. The van der Waals surface area contributed by atoms with Crippen LogP contribution in [0.15, 0.2) is 6.20 Å². The number of aromatic nitrogens is 2. The van der Waals surface area contributed by atoms with Crippen molar-refractivity contribution in [3.05, 3.63) is 17.7 Å². The number of aliphatic carboxylic acids is 1. The Bertz CT molecular complexity index is 438. The molecule has 0 amide bonds. The summed E-state index contributed by atoms with van der Waals surface area (Å²) in [6.45, 7) is 9.03. The summed E-state index contributed by atoms with van der Waals surface area (Å²) in [6.07, 6.45) is 8.70. The van der Waals surface area contributed by atoms with Crippen LogP contribution in [0.4, 0.5) is 0 Å². The molecule has 0 bridgehead atoms. The van der Waals surface area contributed by atoms with Crippen molar-refractivity contribution in [3.8, 4) is 0 Å². The van der Waals surface area contributed by atoms with Gasteiger partial charge in [0.25, 0.3) is 5.82 Å². The van der Waals surface area contributed by atoms with Gasteiger partial charge in [-0.25, -0.2) is 9.13 Å². The summed E-state index contributed by atoms with van der Waals surface area (Å²) in [5.74, 6) is 0.107. The normalized spacial score (nSPS) is 12.6. The van der Waals surface area contributed by atoms with Crippen molar-refractivity contribution in [2.75, 3.05) is 0 Å². The topological polar surface area (TPSA) is 48.9 Å². The van der Waals surface area contributed by atoms with Crippen molar-refractivity contribution in [2.45, 2.75) is 78.8 Å². The van der Waals surface area contributed by atoms with Gasteiger partial charge in [0.05, 0.1) is 12.5 Å². The molecule has 0 saturated heterocycles. The first kappa shape index (κ1) is 16.7. The molecule has 0 spiro atoms. The molecule has 0 N–H and O–H groups in total. The molecule has 4 nitrogen and oxygen atoms in total. The largest absolute Gasteiger partial charge is 0.546 e. The molecule has 4 heteroatoms.